The van der Waals surface area contributed by atoms with Crippen LogP contribution in [0.1, 0.15) is 162 Å². The minimum atomic E-state index is -4.32. The molecule has 0 saturated carbocycles. The number of amides is 1. The molecule has 3 atom stereocenters. The summed E-state index contributed by atoms with van der Waals surface area (Å²) in [7, 11) is 1.58. The molecule has 3 unspecified atom stereocenters. The zero-order valence-electron chi connectivity index (χ0n) is 39.4. The molecular weight excluding hydrogens is 780 g/mol. The molecule has 0 aliphatic heterocycles. The molecule has 1 amide bonds. The fourth-order valence-electron chi connectivity index (χ4n) is 6.04. The van der Waals surface area contributed by atoms with Gasteiger partial charge in [-0.25, -0.2) is 4.57 Å². The van der Waals surface area contributed by atoms with Crippen molar-refractivity contribution in [3.05, 3.63) is 109 Å². The number of phosphoric acid groups is 1. The number of nitrogens with one attached hydrogen (secondary N) is 1. The van der Waals surface area contributed by atoms with Gasteiger partial charge in [-0.05, 0) is 83.5 Å². The van der Waals surface area contributed by atoms with Crippen LogP contribution in [0, 0.1) is 0 Å². The predicted molar refractivity (Wildman–Crippen MR) is 262 cm³/mol. The van der Waals surface area contributed by atoms with Gasteiger partial charge < -0.3 is 19.8 Å². The average molecular weight is 870 g/mol. The number of unbranched alkanes of at least 4 members (excludes halogenated alkanes) is 10. The number of hydrogen-bond acceptors (Lipinski definition) is 5. The van der Waals surface area contributed by atoms with E-state index in [4.69, 9.17) is 9.05 Å². The Kier molecular flexibility index (Phi) is 40.5. The molecule has 3 N–H and O–H groups in total. The van der Waals surface area contributed by atoms with Crippen LogP contribution >= 0.6 is 7.82 Å². The number of aliphatic hydroxyl groups excluding tert-OH is 1. The van der Waals surface area contributed by atoms with Gasteiger partial charge in [0.1, 0.15) is 13.2 Å². The van der Waals surface area contributed by atoms with Crippen LogP contribution in [0.25, 0.3) is 0 Å². The third-order valence-corrected chi connectivity index (χ3v) is 10.8. The fourth-order valence-corrected chi connectivity index (χ4v) is 6.77. The van der Waals surface area contributed by atoms with E-state index < -0.39 is 20.0 Å². The number of nitrogens with zero attached hydrogens (tertiary/aromatic N) is 1. The topological polar surface area (TPSA) is 105 Å². The molecule has 0 fully saturated rings. The van der Waals surface area contributed by atoms with E-state index in [1.807, 2.05) is 21.1 Å². The Morgan fingerprint density at radius 3 is 1.44 bits per heavy atom. The van der Waals surface area contributed by atoms with Gasteiger partial charge >= 0.3 is 7.82 Å². The van der Waals surface area contributed by atoms with E-state index in [-0.39, 0.29) is 19.1 Å². The smallest absolute Gasteiger partial charge is 0.391 e. The summed E-state index contributed by atoms with van der Waals surface area (Å²) >= 11 is 0. The van der Waals surface area contributed by atoms with Gasteiger partial charge in [0.2, 0.25) is 5.91 Å². The molecule has 0 aromatic carbocycles. The van der Waals surface area contributed by atoms with Crippen molar-refractivity contribution in [2.75, 3.05) is 40.9 Å². The summed E-state index contributed by atoms with van der Waals surface area (Å²) in [5.74, 6) is -0.175. The maximum Gasteiger partial charge on any atom is 0.472 e. The molecule has 0 aromatic rings. The van der Waals surface area contributed by atoms with Gasteiger partial charge in [-0.1, -0.05) is 181 Å². The number of quaternary nitrogens is 1. The molecule has 0 spiro atoms. The average Bonchev–Trinajstić information content (AvgIpc) is 3.21. The van der Waals surface area contributed by atoms with Gasteiger partial charge in [0.15, 0.2) is 0 Å². The summed E-state index contributed by atoms with van der Waals surface area (Å²) in [6.45, 7) is 4.65. The normalized spacial score (nSPS) is 15.2. The maximum atomic E-state index is 12.8. The molecular formula is C52H90N2O6P+. The molecule has 0 aliphatic carbocycles. The van der Waals surface area contributed by atoms with E-state index in [2.05, 4.69) is 129 Å². The van der Waals surface area contributed by atoms with Gasteiger partial charge in [-0.3, -0.25) is 13.8 Å². The van der Waals surface area contributed by atoms with Crippen molar-refractivity contribution in [3.63, 3.8) is 0 Å². The van der Waals surface area contributed by atoms with Gasteiger partial charge in [0.25, 0.3) is 0 Å². The lowest BCUT2D eigenvalue weighted by Crippen LogP contribution is -2.46. The molecule has 0 saturated heterocycles. The van der Waals surface area contributed by atoms with Crippen LogP contribution in [-0.4, -0.2) is 73.4 Å². The van der Waals surface area contributed by atoms with Crippen molar-refractivity contribution in [2.45, 2.75) is 174 Å². The molecule has 0 radical (unpaired) electrons. The van der Waals surface area contributed by atoms with Crippen LogP contribution in [0.3, 0.4) is 0 Å². The summed E-state index contributed by atoms with van der Waals surface area (Å²) in [5, 5.41) is 13.8. The lowest BCUT2D eigenvalue weighted by atomic mass is 10.0. The van der Waals surface area contributed by atoms with Crippen molar-refractivity contribution >= 4 is 13.7 Å². The highest BCUT2D eigenvalue weighted by molar-refractivity contribution is 7.47. The summed E-state index contributed by atoms with van der Waals surface area (Å²) in [6, 6.07) is -0.775. The monoisotopic (exact) mass is 870 g/mol. The molecule has 0 bridgehead atoms. The van der Waals surface area contributed by atoms with Crippen molar-refractivity contribution in [1.82, 2.24) is 5.32 Å². The van der Waals surface area contributed by atoms with Gasteiger partial charge in [-0.15, -0.1) is 0 Å². The molecule has 0 heterocycles. The molecule has 0 aliphatic rings. The fraction of sp³-hybridized carbons (Fsp3) is 0.635. The minimum absolute atomic E-state index is 0.0635. The summed E-state index contributed by atoms with van der Waals surface area (Å²) in [4.78, 5) is 23.0. The zero-order chi connectivity index (χ0) is 45.0. The largest absolute Gasteiger partial charge is 0.472 e. The Balaban J connectivity index is 4.11. The first kappa shape index (κ1) is 58.2. The lowest BCUT2D eigenvalue weighted by molar-refractivity contribution is -0.870. The second kappa shape index (κ2) is 42.5. The Labute approximate surface area is 374 Å². The van der Waals surface area contributed by atoms with Crippen LogP contribution in [0.2, 0.25) is 0 Å². The minimum Gasteiger partial charge on any atom is -0.391 e. The molecule has 0 rings (SSSR count). The van der Waals surface area contributed by atoms with E-state index >= 15 is 0 Å². The van der Waals surface area contributed by atoms with Gasteiger partial charge in [-0.2, -0.15) is 0 Å². The molecule has 9 heteroatoms. The Morgan fingerprint density at radius 2 is 0.984 bits per heavy atom. The van der Waals surface area contributed by atoms with E-state index in [0.29, 0.717) is 23.9 Å². The first-order valence-electron chi connectivity index (χ1n) is 23.8. The maximum absolute atomic E-state index is 12.8. The molecule has 0 aromatic heterocycles. The Morgan fingerprint density at radius 1 is 0.574 bits per heavy atom. The predicted octanol–water partition coefficient (Wildman–Crippen LogP) is 13.7. The SMILES string of the molecule is CC/C=C\C/C=C\C/C=C\C/C=C\C/C=C\C/C=C\C/C=C\C/C=C\C/C=C\CCCCCCCC(=O)NC(COP(=O)(O)OCC[N+](C)(C)C)C(O)CCCCCCCC. The quantitative estimate of drug-likeness (QED) is 0.0245. The van der Waals surface area contributed by atoms with Crippen molar-refractivity contribution < 1.29 is 32.9 Å². The summed E-state index contributed by atoms with van der Waals surface area (Å²) in [5.41, 5.74) is 0. The van der Waals surface area contributed by atoms with E-state index in [9.17, 15) is 19.4 Å². The standard InChI is InChI=1S/C52H89N2O6P/c1-6-8-10-12-14-15-16-17-18-19-20-21-22-23-24-25-26-27-28-29-30-31-32-33-34-35-36-37-38-39-40-42-44-46-52(56)53-50(51(55)45-43-41-13-11-9-7-2)49-60-61(57,58)59-48-47-54(3,4)5/h8,10,14-15,17-18,20-21,23-24,26-27,29-30,32-33,35-36,50-51,55H,6-7,9,11-13,16,19,22,25,28,31,34,37-49H2,1-5H3,(H-,53,56,57,58)/p+1/b10-8-,15-14-,18-17-,21-20-,24-23-,27-26-,30-29-,33-32-,36-35-. The van der Waals surface area contributed by atoms with Crippen molar-refractivity contribution in [1.29, 1.82) is 0 Å². The lowest BCUT2D eigenvalue weighted by Gasteiger charge is -2.26. The Bertz CT molecular complexity index is 1350. The number of hydrogen-bond donors (Lipinski definition) is 3. The number of likely N-dealkylation sites (N-methyl/N-ethyl adjacent to an activating group) is 1. The van der Waals surface area contributed by atoms with Crippen LogP contribution in [0.5, 0.6) is 0 Å². The van der Waals surface area contributed by atoms with E-state index in [1.165, 1.54) is 19.3 Å². The summed E-state index contributed by atoms with van der Waals surface area (Å²) < 4.78 is 23.5. The van der Waals surface area contributed by atoms with Crippen LogP contribution < -0.4 is 5.32 Å². The van der Waals surface area contributed by atoms with E-state index in [1.54, 1.807) is 0 Å². The number of carbonyl (C=O) groups is 1. The molecule has 61 heavy (non-hydrogen) atoms. The van der Waals surface area contributed by atoms with Crippen LogP contribution in [-0.2, 0) is 18.4 Å². The second-order valence-electron chi connectivity index (χ2n) is 16.8. The number of phosphoric ester groups is 1. The first-order chi connectivity index (χ1) is 29.5. The van der Waals surface area contributed by atoms with Gasteiger partial charge in [0, 0.05) is 6.42 Å². The van der Waals surface area contributed by atoms with Crippen molar-refractivity contribution in [2.24, 2.45) is 0 Å². The third-order valence-electron chi connectivity index (χ3n) is 9.79. The number of aliphatic hydroxyl groups is 1. The van der Waals surface area contributed by atoms with Gasteiger partial charge in [0.05, 0.1) is 39.9 Å². The summed E-state index contributed by atoms with van der Waals surface area (Å²) in [6.07, 6.45) is 61.6. The highest BCUT2D eigenvalue weighted by Crippen LogP contribution is 2.43. The van der Waals surface area contributed by atoms with Crippen LogP contribution in [0.4, 0.5) is 0 Å². The van der Waals surface area contributed by atoms with Crippen molar-refractivity contribution in [3.8, 4) is 0 Å². The van der Waals surface area contributed by atoms with E-state index in [0.717, 1.165) is 116 Å². The number of allylic oxidation sites excluding steroid dienone is 18. The highest BCUT2D eigenvalue weighted by atomic mass is 31.2. The molecule has 348 valence electrons. The highest BCUT2D eigenvalue weighted by Gasteiger charge is 2.28. The van der Waals surface area contributed by atoms with Crippen LogP contribution in [0.15, 0.2) is 109 Å². The Hall–Kier alpha value is -2.84. The first-order valence-corrected chi connectivity index (χ1v) is 25.2. The number of rotatable bonds is 41. The zero-order valence-corrected chi connectivity index (χ0v) is 40.2. The third kappa shape index (κ3) is 45.0. The number of carbonyl (C=O) groups excluding carboxylic acids is 1. The second-order valence-corrected chi connectivity index (χ2v) is 18.2. The molecule has 8 nitrogen and oxygen atoms in total.